The van der Waals surface area contributed by atoms with Crippen molar-refractivity contribution >= 4 is 5.82 Å². The van der Waals surface area contributed by atoms with Gasteiger partial charge in [-0.25, -0.2) is 0 Å². The van der Waals surface area contributed by atoms with E-state index in [9.17, 15) is 0 Å². The summed E-state index contributed by atoms with van der Waals surface area (Å²) in [5.41, 5.74) is 6.82. The van der Waals surface area contributed by atoms with Crippen LogP contribution in [-0.2, 0) is 0 Å². The summed E-state index contributed by atoms with van der Waals surface area (Å²) in [5.74, 6) is 3.30. The van der Waals surface area contributed by atoms with Crippen LogP contribution >= 0.6 is 0 Å². The number of nitrogens with two attached hydrogens (primary N) is 1. The Kier molecular flexibility index (Phi) is 1.10. The predicted molar refractivity (Wildman–Crippen MR) is 46.6 cm³/mol. The van der Waals surface area contributed by atoms with Gasteiger partial charge < -0.3 is 5.73 Å². The minimum atomic E-state index is 0.634. The van der Waals surface area contributed by atoms with E-state index in [4.69, 9.17) is 5.73 Å². The highest BCUT2D eigenvalue weighted by molar-refractivity contribution is 5.34. The van der Waals surface area contributed by atoms with Crippen LogP contribution in [-0.4, -0.2) is 10.2 Å². The minimum absolute atomic E-state index is 0.634. The number of nitrogen functional groups attached to an aromatic ring is 1. The molecule has 0 aliphatic heterocycles. The zero-order chi connectivity index (χ0) is 8.13. The second kappa shape index (κ2) is 2.03. The third-order valence-corrected chi connectivity index (χ3v) is 3.38. The lowest BCUT2D eigenvalue weighted by atomic mass is 10.1. The first-order valence-electron chi connectivity index (χ1n) is 4.67. The molecule has 2 aliphatic carbocycles. The van der Waals surface area contributed by atoms with Crippen LogP contribution in [0, 0.1) is 11.8 Å². The van der Waals surface area contributed by atoms with Crippen LogP contribution in [0.5, 0.6) is 0 Å². The van der Waals surface area contributed by atoms with Crippen molar-refractivity contribution in [3.8, 4) is 0 Å². The van der Waals surface area contributed by atoms with Crippen LogP contribution in [0.15, 0.2) is 6.07 Å². The maximum absolute atomic E-state index is 5.55. The molecule has 2 fully saturated rings. The van der Waals surface area contributed by atoms with Crippen LogP contribution in [0.2, 0.25) is 0 Å². The van der Waals surface area contributed by atoms with E-state index < -0.39 is 0 Å². The largest absolute Gasteiger partial charge is 0.382 e. The van der Waals surface area contributed by atoms with Crippen LogP contribution in [0.4, 0.5) is 5.82 Å². The van der Waals surface area contributed by atoms with Crippen molar-refractivity contribution in [3.63, 3.8) is 0 Å². The van der Waals surface area contributed by atoms with E-state index in [0.717, 1.165) is 17.8 Å². The van der Waals surface area contributed by atoms with Gasteiger partial charge in [0.2, 0.25) is 0 Å². The van der Waals surface area contributed by atoms with E-state index in [2.05, 4.69) is 10.2 Å². The SMILES string of the molecule is Nc1cc(C2C3CCCC32)[nH]n1. The van der Waals surface area contributed by atoms with Crippen molar-refractivity contribution in [2.45, 2.75) is 25.2 Å². The number of aromatic amines is 1. The van der Waals surface area contributed by atoms with Gasteiger partial charge in [-0.3, -0.25) is 5.10 Å². The number of anilines is 1. The first-order valence-corrected chi connectivity index (χ1v) is 4.67. The van der Waals surface area contributed by atoms with E-state index in [-0.39, 0.29) is 0 Å². The number of hydrogen-bond donors (Lipinski definition) is 2. The highest BCUT2D eigenvalue weighted by atomic mass is 15.2. The summed E-state index contributed by atoms with van der Waals surface area (Å²) in [6.07, 6.45) is 4.25. The molecule has 0 saturated heterocycles. The van der Waals surface area contributed by atoms with Crippen molar-refractivity contribution in [2.75, 3.05) is 5.73 Å². The Labute approximate surface area is 71.3 Å². The number of fused-ring (bicyclic) bond motifs is 1. The van der Waals surface area contributed by atoms with E-state index in [0.29, 0.717) is 5.82 Å². The topological polar surface area (TPSA) is 54.7 Å². The zero-order valence-corrected chi connectivity index (χ0v) is 6.96. The molecule has 1 aromatic rings. The van der Waals surface area contributed by atoms with Crippen molar-refractivity contribution in [3.05, 3.63) is 11.8 Å². The maximum atomic E-state index is 5.55. The summed E-state index contributed by atoms with van der Waals surface area (Å²) < 4.78 is 0. The molecule has 1 heterocycles. The fourth-order valence-electron chi connectivity index (χ4n) is 2.81. The number of H-pyrrole nitrogens is 1. The molecule has 2 saturated carbocycles. The fourth-order valence-corrected chi connectivity index (χ4v) is 2.81. The maximum Gasteiger partial charge on any atom is 0.145 e. The fraction of sp³-hybridized carbons (Fsp3) is 0.667. The quantitative estimate of drug-likeness (QED) is 0.659. The normalized spacial score (nSPS) is 38.2. The van der Waals surface area contributed by atoms with Crippen LogP contribution < -0.4 is 5.73 Å². The van der Waals surface area contributed by atoms with Gasteiger partial charge in [0.1, 0.15) is 5.82 Å². The average molecular weight is 163 g/mol. The van der Waals surface area contributed by atoms with Crippen molar-refractivity contribution in [2.24, 2.45) is 11.8 Å². The lowest BCUT2D eigenvalue weighted by Crippen LogP contribution is -1.87. The molecular weight excluding hydrogens is 150 g/mol. The van der Waals surface area contributed by atoms with Gasteiger partial charge in [0, 0.05) is 17.7 Å². The summed E-state index contributed by atoms with van der Waals surface area (Å²) in [5, 5.41) is 6.98. The highest BCUT2D eigenvalue weighted by Gasteiger charge is 2.53. The molecule has 0 amide bonds. The Morgan fingerprint density at radius 2 is 2.17 bits per heavy atom. The number of aromatic nitrogens is 2. The second-order valence-corrected chi connectivity index (χ2v) is 4.03. The molecule has 64 valence electrons. The van der Waals surface area contributed by atoms with Gasteiger partial charge in [-0.2, -0.15) is 5.10 Å². The van der Waals surface area contributed by atoms with E-state index in [1.54, 1.807) is 0 Å². The summed E-state index contributed by atoms with van der Waals surface area (Å²) >= 11 is 0. The van der Waals surface area contributed by atoms with Crippen LogP contribution in [0.1, 0.15) is 30.9 Å². The molecule has 0 bridgehead atoms. The lowest BCUT2D eigenvalue weighted by molar-refractivity contribution is 0.670. The highest BCUT2D eigenvalue weighted by Crippen LogP contribution is 2.62. The summed E-state index contributed by atoms with van der Waals surface area (Å²) in [7, 11) is 0. The summed E-state index contributed by atoms with van der Waals surface area (Å²) in [6.45, 7) is 0. The molecule has 3 N–H and O–H groups in total. The summed E-state index contributed by atoms with van der Waals surface area (Å²) in [6, 6.07) is 1.99. The van der Waals surface area contributed by atoms with Gasteiger partial charge in [0.05, 0.1) is 0 Å². The molecule has 2 aliphatic rings. The number of nitrogens with one attached hydrogen (secondary N) is 1. The van der Waals surface area contributed by atoms with E-state index in [1.165, 1.54) is 25.0 Å². The van der Waals surface area contributed by atoms with Crippen molar-refractivity contribution in [1.82, 2.24) is 10.2 Å². The molecule has 0 radical (unpaired) electrons. The Morgan fingerprint density at radius 1 is 1.42 bits per heavy atom. The first kappa shape index (κ1) is 6.52. The Morgan fingerprint density at radius 3 is 2.75 bits per heavy atom. The molecule has 3 heteroatoms. The van der Waals surface area contributed by atoms with Gasteiger partial charge in [-0.05, 0) is 24.7 Å². The zero-order valence-electron chi connectivity index (χ0n) is 6.96. The smallest absolute Gasteiger partial charge is 0.145 e. The lowest BCUT2D eigenvalue weighted by Gasteiger charge is -1.97. The molecular formula is C9H13N3. The van der Waals surface area contributed by atoms with Gasteiger partial charge in [-0.1, -0.05) is 6.42 Å². The molecule has 12 heavy (non-hydrogen) atoms. The second-order valence-electron chi connectivity index (χ2n) is 4.03. The average Bonchev–Trinajstić information content (AvgIpc) is 2.55. The Hall–Kier alpha value is -0.990. The molecule has 0 aromatic carbocycles. The van der Waals surface area contributed by atoms with Crippen LogP contribution in [0.25, 0.3) is 0 Å². The molecule has 2 unspecified atom stereocenters. The van der Waals surface area contributed by atoms with Gasteiger partial charge in [0.15, 0.2) is 0 Å². The van der Waals surface area contributed by atoms with E-state index >= 15 is 0 Å². The summed E-state index contributed by atoms with van der Waals surface area (Å²) in [4.78, 5) is 0. The third-order valence-electron chi connectivity index (χ3n) is 3.38. The van der Waals surface area contributed by atoms with Crippen molar-refractivity contribution in [1.29, 1.82) is 0 Å². The number of nitrogens with zero attached hydrogens (tertiary/aromatic N) is 1. The van der Waals surface area contributed by atoms with Gasteiger partial charge >= 0.3 is 0 Å². The Bertz CT molecular complexity index is 294. The monoisotopic (exact) mass is 163 g/mol. The van der Waals surface area contributed by atoms with Crippen LogP contribution in [0.3, 0.4) is 0 Å². The van der Waals surface area contributed by atoms with Gasteiger partial charge in [0.25, 0.3) is 0 Å². The molecule has 3 nitrogen and oxygen atoms in total. The molecule has 2 atom stereocenters. The van der Waals surface area contributed by atoms with E-state index in [1.807, 2.05) is 6.07 Å². The van der Waals surface area contributed by atoms with Gasteiger partial charge in [-0.15, -0.1) is 0 Å². The predicted octanol–water partition coefficient (Wildman–Crippen LogP) is 1.51. The molecule has 3 rings (SSSR count). The molecule has 0 spiro atoms. The number of hydrogen-bond acceptors (Lipinski definition) is 2. The standard InChI is InChI=1S/C9H13N3/c10-8-4-7(11-12-8)9-5-2-1-3-6(5)9/h4-6,9H,1-3H2,(H3,10,11,12). The Balaban J connectivity index is 1.84. The third kappa shape index (κ3) is 0.737. The molecule has 1 aromatic heterocycles. The van der Waals surface area contributed by atoms with Crippen molar-refractivity contribution < 1.29 is 0 Å². The minimum Gasteiger partial charge on any atom is -0.382 e. The first-order chi connectivity index (χ1) is 5.86. The number of rotatable bonds is 1.